The minimum atomic E-state index is -3.99. The van der Waals surface area contributed by atoms with Gasteiger partial charge in [-0.25, -0.2) is 8.42 Å². The molecule has 174 valence electrons. The van der Waals surface area contributed by atoms with E-state index in [0.717, 1.165) is 17.0 Å². The maximum absolute atomic E-state index is 12.8. The van der Waals surface area contributed by atoms with E-state index in [0.29, 0.717) is 16.8 Å². The number of nitrogens with one attached hydrogen (secondary N) is 3. The molecule has 1 aromatic heterocycles. The summed E-state index contributed by atoms with van der Waals surface area (Å²) >= 11 is 6.13. The van der Waals surface area contributed by atoms with Gasteiger partial charge in [0.2, 0.25) is 0 Å². The Labute approximate surface area is 200 Å². The summed E-state index contributed by atoms with van der Waals surface area (Å²) < 4.78 is 33.7. The normalized spacial score (nSPS) is 11.3. The molecule has 0 aliphatic carbocycles. The van der Waals surface area contributed by atoms with Crippen molar-refractivity contribution in [3.8, 4) is 0 Å². The summed E-state index contributed by atoms with van der Waals surface area (Å²) in [5.74, 6) is -1.41. The van der Waals surface area contributed by atoms with E-state index in [1.54, 1.807) is 37.3 Å². The van der Waals surface area contributed by atoms with Crippen molar-refractivity contribution < 1.29 is 22.4 Å². The van der Waals surface area contributed by atoms with Crippen LogP contribution in [0.1, 0.15) is 32.0 Å². The molecule has 4 rings (SSSR count). The molecule has 0 radical (unpaired) electrons. The quantitative estimate of drug-likeness (QED) is 0.349. The number of halogens is 1. The number of amides is 2. The molecule has 0 spiro atoms. The number of hydrogen-bond acceptors (Lipinski definition) is 5. The molecule has 0 unspecified atom stereocenters. The van der Waals surface area contributed by atoms with Gasteiger partial charge in [0, 0.05) is 16.6 Å². The molecule has 3 aromatic carbocycles. The zero-order chi connectivity index (χ0) is 24.5. The van der Waals surface area contributed by atoms with Gasteiger partial charge in [0.05, 0.1) is 15.5 Å². The van der Waals surface area contributed by atoms with Crippen molar-refractivity contribution in [1.82, 2.24) is 10.9 Å². The van der Waals surface area contributed by atoms with E-state index < -0.39 is 21.8 Å². The van der Waals surface area contributed by atoms with Gasteiger partial charge in [0.25, 0.3) is 15.9 Å². The van der Waals surface area contributed by atoms with Crippen molar-refractivity contribution in [2.45, 2.75) is 18.7 Å². The van der Waals surface area contributed by atoms with Gasteiger partial charge in [-0.2, -0.15) is 0 Å². The lowest BCUT2D eigenvalue weighted by molar-refractivity contribution is 0.0831. The largest absolute Gasteiger partial charge is 0.451 e. The Bertz CT molecular complexity index is 1530. The number of benzene rings is 3. The molecule has 0 aliphatic rings. The van der Waals surface area contributed by atoms with Crippen LogP contribution < -0.4 is 15.6 Å². The molecule has 1 heterocycles. The van der Waals surface area contributed by atoms with Gasteiger partial charge < -0.3 is 4.42 Å². The van der Waals surface area contributed by atoms with Crippen molar-refractivity contribution in [3.63, 3.8) is 0 Å². The van der Waals surface area contributed by atoms with Gasteiger partial charge in [0.15, 0.2) is 5.76 Å². The molecule has 4 aromatic rings. The Morgan fingerprint density at radius 3 is 2.35 bits per heavy atom. The van der Waals surface area contributed by atoms with Crippen molar-refractivity contribution in [3.05, 3.63) is 94.2 Å². The second-order valence-corrected chi connectivity index (χ2v) is 9.67. The highest BCUT2D eigenvalue weighted by Gasteiger charge is 2.21. The number of furan rings is 1. The second kappa shape index (κ2) is 9.20. The molecule has 0 saturated heterocycles. The first-order valence-electron chi connectivity index (χ1n) is 10.1. The lowest BCUT2D eigenvalue weighted by atomic mass is 10.1. The van der Waals surface area contributed by atoms with Crippen LogP contribution in [0, 0.1) is 13.8 Å². The topological polar surface area (TPSA) is 118 Å². The Balaban J connectivity index is 1.51. The fraction of sp³-hybridized carbons (Fsp3) is 0.0833. The van der Waals surface area contributed by atoms with Crippen LogP contribution in [0.2, 0.25) is 5.02 Å². The lowest BCUT2D eigenvalue weighted by Crippen LogP contribution is -2.41. The molecular weight excluding hydrogens is 478 g/mol. The molecule has 0 fully saturated rings. The van der Waals surface area contributed by atoms with E-state index >= 15 is 0 Å². The summed E-state index contributed by atoms with van der Waals surface area (Å²) in [4.78, 5) is 25.1. The number of carbonyl (C=O) groups excluding carboxylic acids is 2. The Morgan fingerprint density at radius 2 is 1.62 bits per heavy atom. The molecule has 0 aliphatic heterocycles. The van der Waals surface area contributed by atoms with E-state index in [2.05, 4.69) is 15.6 Å². The highest BCUT2D eigenvalue weighted by atomic mass is 35.5. The number of anilines is 1. The predicted octanol–water partition coefficient (Wildman–Crippen LogP) is 4.58. The number of sulfonamides is 1. The zero-order valence-electron chi connectivity index (χ0n) is 18.2. The molecular formula is C24H20ClN3O5S. The predicted molar refractivity (Wildman–Crippen MR) is 129 cm³/mol. The second-order valence-electron chi connectivity index (χ2n) is 7.58. The molecule has 0 saturated carbocycles. The number of fused-ring (bicyclic) bond motifs is 1. The highest BCUT2D eigenvalue weighted by Crippen LogP contribution is 2.25. The smallest absolute Gasteiger partial charge is 0.305 e. The first-order valence-corrected chi connectivity index (χ1v) is 12.0. The van der Waals surface area contributed by atoms with E-state index in [-0.39, 0.29) is 21.2 Å². The molecule has 3 N–H and O–H groups in total. The monoisotopic (exact) mass is 497 g/mol. The Kier molecular flexibility index (Phi) is 6.32. The standard InChI is InChI=1S/C24H20ClN3O5S/c1-14-6-5-7-16(12-14)28-34(31,32)17-10-11-20(25)19(13-17)23(29)26-27-24(30)22-15(2)18-8-3-4-9-21(18)33-22/h3-13,28H,1-2H3,(H,26,29)(H,27,30). The van der Waals surface area contributed by atoms with Gasteiger partial charge >= 0.3 is 5.91 Å². The molecule has 8 nitrogen and oxygen atoms in total. The summed E-state index contributed by atoms with van der Waals surface area (Å²) in [6, 6.07) is 17.7. The third-order valence-electron chi connectivity index (χ3n) is 5.10. The fourth-order valence-electron chi connectivity index (χ4n) is 3.40. The number of carbonyl (C=O) groups is 2. The molecule has 2 amide bonds. The van der Waals surface area contributed by atoms with E-state index in [9.17, 15) is 18.0 Å². The first-order chi connectivity index (χ1) is 16.2. The summed E-state index contributed by atoms with van der Waals surface area (Å²) in [5, 5.41) is 0.794. The average molecular weight is 498 g/mol. The van der Waals surface area contributed by atoms with Crippen LogP contribution in [0.15, 0.2) is 76.0 Å². The van der Waals surface area contributed by atoms with Gasteiger partial charge in [-0.05, 0) is 55.8 Å². The zero-order valence-corrected chi connectivity index (χ0v) is 19.8. The number of rotatable bonds is 5. The minimum Gasteiger partial charge on any atom is -0.451 e. The molecule has 34 heavy (non-hydrogen) atoms. The Morgan fingerprint density at radius 1 is 0.882 bits per heavy atom. The van der Waals surface area contributed by atoms with Crippen molar-refractivity contribution in [2.75, 3.05) is 4.72 Å². The van der Waals surface area contributed by atoms with Gasteiger partial charge in [-0.3, -0.25) is 25.2 Å². The summed E-state index contributed by atoms with van der Waals surface area (Å²) in [7, 11) is -3.99. The first kappa shape index (κ1) is 23.3. The molecule has 0 atom stereocenters. The minimum absolute atomic E-state index is 0.0150. The van der Waals surface area contributed by atoms with Crippen molar-refractivity contribution in [1.29, 1.82) is 0 Å². The summed E-state index contributed by atoms with van der Waals surface area (Å²) in [6.07, 6.45) is 0. The van der Waals surface area contributed by atoms with Crippen LogP contribution in [0.4, 0.5) is 5.69 Å². The highest BCUT2D eigenvalue weighted by molar-refractivity contribution is 7.92. The maximum atomic E-state index is 12.8. The van der Waals surface area contributed by atoms with Gasteiger partial charge in [0.1, 0.15) is 5.58 Å². The van der Waals surface area contributed by atoms with E-state index in [1.165, 1.54) is 12.1 Å². The number of hydrogen-bond donors (Lipinski definition) is 3. The van der Waals surface area contributed by atoms with Crippen LogP contribution in [0.25, 0.3) is 11.0 Å². The van der Waals surface area contributed by atoms with Crippen LogP contribution in [0.5, 0.6) is 0 Å². The van der Waals surface area contributed by atoms with E-state index in [1.807, 2.05) is 25.1 Å². The van der Waals surface area contributed by atoms with Crippen molar-refractivity contribution >= 4 is 50.1 Å². The number of hydrazine groups is 1. The average Bonchev–Trinajstić information content (AvgIpc) is 3.14. The SMILES string of the molecule is Cc1cccc(NS(=O)(=O)c2ccc(Cl)c(C(=O)NNC(=O)c3oc4ccccc4c3C)c2)c1. The van der Waals surface area contributed by atoms with Crippen molar-refractivity contribution in [2.24, 2.45) is 0 Å². The van der Waals surface area contributed by atoms with Gasteiger partial charge in [-0.15, -0.1) is 0 Å². The fourth-order valence-corrected chi connectivity index (χ4v) is 4.68. The van der Waals surface area contributed by atoms with Crippen LogP contribution in [-0.2, 0) is 10.0 Å². The number of para-hydroxylation sites is 1. The Hall–Kier alpha value is -3.82. The summed E-state index contributed by atoms with van der Waals surface area (Å²) in [6.45, 7) is 3.57. The molecule has 0 bridgehead atoms. The molecule has 10 heteroatoms. The van der Waals surface area contributed by atoms with Crippen LogP contribution in [-0.4, -0.2) is 20.2 Å². The van der Waals surface area contributed by atoms with Crippen LogP contribution >= 0.6 is 11.6 Å². The third-order valence-corrected chi connectivity index (χ3v) is 6.81. The van der Waals surface area contributed by atoms with Crippen LogP contribution in [0.3, 0.4) is 0 Å². The summed E-state index contributed by atoms with van der Waals surface area (Å²) in [5.41, 5.74) is 6.82. The lowest BCUT2D eigenvalue weighted by Gasteiger charge is -2.12. The van der Waals surface area contributed by atoms with E-state index in [4.69, 9.17) is 16.0 Å². The van der Waals surface area contributed by atoms with Gasteiger partial charge in [-0.1, -0.05) is 41.9 Å². The number of aryl methyl sites for hydroxylation is 2. The third kappa shape index (κ3) is 4.75. The maximum Gasteiger partial charge on any atom is 0.305 e.